The van der Waals surface area contributed by atoms with Crippen LogP contribution in [0.15, 0.2) is 83.8 Å². The first-order valence-electron chi connectivity index (χ1n) is 10.9. The topological polar surface area (TPSA) is 63.0 Å². The second-order valence-corrected chi connectivity index (χ2v) is 7.77. The van der Waals surface area contributed by atoms with Gasteiger partial charge in [-0.05, 0) is 55.3 Å². The molecule has 172 valence electrons. The summed E-state index contributed by atoms with van der Waals surface area (Å²) in [5, 5.41) is 0. The average molecular weight is 447 g/mol. The van der Waals surface area contributed by atoms with Gasteiger partial charge in [-0.25, -0.2) is 0 Å². The van der Waals surface area contributed by atoms with Gasteiger partial charge in [0.2, 0.25) is 5.91 Å². The zero-order chi connectivity index (χ0) is 23.6. The van der Waals surface area contributed by atoms with Gasteiger partial charge in [-0.15, -0.1) is 6.58 Å². The van der Waals surface area contributed by atoms with Crippen LogP contribution in [0.25, 0.3) is 0 Å². The number of hydrogen-bond acceptors (Lipinski definition) is 4. The summed E-state index contributed by atoms with van der Waals surface area (Å²) < 4.78 is 10.9. The van der Waals surface area contributed by atoms with Gasteiger partial charge in [0, 0.05) is 18.7 Å². The van der Waals surface area contributed by atoms with Gasteiger partial charge >= 0.3 is 0 Å². The molecule has 0 bridgehead atoms. The maximum Gasteiger partial charge on any atom is 0.254 e. The van der Waals surface area contributed by atoms with Crippen molar-refractivity contribution in [2.75, 3.05) is 26.7 Å². The maximum absolute atomic E-state index is 13.3. The number of nitrogens with zero attached hydrogens (tertiary/aromatic N) is 2. The predicted molar refractivity (Wildman–Crippen MR) is 128 cm³/mol. The van der Waals surface area contributed by atoms with E-state index in [1.807, 2.05) is 49.4 Å². The minimum atomic E-state index is -0.234. The molecule has 6 nitrogen and oxygen atoms in total. The van der Waals surface area contributed by atoms with Crippen molar-refractivity contribution < 1.29 is 18.7 Å². The van der Waals surface area contributed by atoms with Crippen molar-refractivity contribution in [3.05, 3.63) is 102 Å². The van der Waals surface area contributed by atoms with Crippen LogP contribution in [0.1, 0.15) is 27.4 Å². The van der Waals surface area contributed by atoms with Crippen molar-refractivity contribution in [3.8, 4) is 5.75 Å². The Kier molecular flexibility index (Phi) is 8.47. The molecule has 1 heterocycles. The van der Waals surface area contributed by atoms with Gasteiger partial charge in [0.25, 0.3) is 5.91 Å². The third-order valence-corrected chi connectivity index (χ3v) is 5.31. The summed E-state index contributed by atoms with van der Waals surface area (Å²) in [4.78, 5) is 29.7. The highest BCUT2D eigenvalue weighted by Crippen LogP contribution is 2.15. The van der Waals surface area contributed by atoms with Gasteiger partial charge in [-0.2, -0.15) is 0 Å². The molecule has 2 aromatic carbocycles. The Morgan fingerprint density at radius 2 is 1.73 bits per heavy atom. The van der Waals surface area contributed by atoms with E-state index in [4.69, 9.17) is 9.15 Å². The molecule has 0 radical (unpaired) electrons. The minimum absolute atomic E-state index is 0.0502. The lowest BCUT2D eigenvalue weighted by Crippen LogP contribution is -2.43. The molecule has 3 rings (SSSR count). The van der Waals surface area contributed by atoms with E-state index >= 15 is 0 Å². The van der Waals surface area contributed by atoms with Crippen molar-refractivity contribution in [2.24, 2.45) is 0 Å². The zero-order valence-corrected chi connectivity index (χ0v) is 19.2. The monoisotopic (exact) mass is 446 g/mol. The standard InChI is InChI=1S/C27H30N2O4/c1-4-17-29(27(31)23-11-14-24(32-3)15-12-23)20-26(30)28(19-25-13-10-21(2)33-25)18-16-22-8-6-5-7-9-22/h4-15H,1,16-20H2,2-3H3. The van der Waals surface area contributed by atoms with Crippen LogP contribution < -0.4 is 4.74 Å². The van der Waals surface area contributed by atoms with Crippen molar-refractivity contribution in [3.63, 3.8) is 0 Å². The van der Waals surface area contributed by atoms with E-state index in [0.717, 1.165) is 11.3 Å². The number of amides is 2. The highest BCUT2D eigenvalue weighted by Gasteiger charge is 2.22. The second kappa shape index (κ2) is 11.7. The number of carbonyl (C=O) groups excluding carboxylic acids is 2. The number of furan rings is 1. The van der Waals surface area contributed by atoms with E-state index in [-0.39, 0.29) is 24.9 Å². The average Bonchev–Trinajstić information content (AvgIpc) is 3.26. The Hall–Kier alpha value is -3.80. The number of carbonyl (C=O) groups is 2. The first kappa shape index (κ1) is 23.9. The van der Waals surface area contributed by atoms with Crippen LogP contribution in [-0.4, -0.2) is 48.4 Å². The van der Waals surface area contributed by atoms with Crippen molar-refractivity contribution in [2.45, 2.75) is 19.9 Å². The number of benzene rings is 2. The molecular weight excluding hydrogens is 416 g/mol. The van der Waals surface area contributed by atoms with Crippen LogP contribution in [0.3, 0.4) is 0 Å². The Morgan fingerprint density at radius 1 is 1.00 bits per heavy atom. The predicted octanol–water partition coefficient (Wildman–Crippen LogP) is 4.50. The fourth-order valence-corrected chi connectivity index (χ4v) is 3.51. The molecule has 0 atom stereocenters. The molecule has 0 unspecified atom stereocenters. The summed E-state index contributed by atoms with van der Waals surface area (Å²) in [5.74, 6) is 1.79. The first-order valence-corrected chi connectivity index (χ1v) is 10.9. The van der Waals surface area contributed by atoms with Crippen LogP contribution in [0.5, 0.6) is 5.75 Å². The van der Waals surface area contributed by atoms with Gasteiger partial charge in [0.1, 0.15) is 23.8 Å². The normalized spacial score (nSPS) is 10.5. The minimum Gasteiger partial charge on any atom is -0.497 e. The molecule has 33 heavy (non-hydrogen) atoms. The van der Waals surface area contributed by atoms with E-state index < -0.39 is 0 Å². The fraction of sp³-hybridized carbons (Fsp3) is 0.259. The van der Waals surface area contributed by atoms with E-state index in [1.54, 1.807) is 42.4 Å². The molecule has 0 aliphatic carbocycles. The van der Waals surface area contributed by atoms with Gasteiger partial charge in [0.05, 0.1) is 13.7 Å². The number of aryl methyl sites for hydroxylation is 1. The summed E-state index contributed by atoms with van der Waals surface area (Å²) in [7, 11) is 1.57. The SMILES string of the molecule is C=CCN(CC(=O)N(CCc1ccccc1)Cc1ccc(C)o1)C(=O)c1ccc(OC)cc1. The summed E-state index contributed by atoms with van der Waals surface area (Å²) in [5.41, 5.74) is 1.63. The summed E-state index contributed by atoms with van der Waals surface area (Å²) >= 11 is 0. The lowest BCUT2D eigenvalue weighted by atomic mass is 10.1. The third-order valence-electron chi connectivity index (χ3n) is 5.31. The smallest absolute Gasteiger partial charge is 0.254 e. The molecular formula is C27H30N2O4. The van der Waals surface area contributed by atoms with E-state index in [2.05, 4.69) is 6.58 Å². The van der Waals surface area contributed by atoms with Gasteiger partial charge in [0.15, 0.2) is 0 Å². The van der Waals surface area contributed by atoms with Gasteiger partial charge in [-0.1, -0.05) is 36.4 Å². The van der Waals surface area contributed by atoms with Crippen LogP contribution in [0.2, 0.25) is 0 Å². The fourth-order valence-electron chi connectivity index (χ4n) is 3.51. The summed E-state index contributed by atoms with van der Waals surface area (Å²) in [6.45, 7) is 6.70. The number of ether oxygens (including phenoxy) is 1. The van der Waals surface area contributed by atoms with Crippen LogP contribution in [-0.2, 0) is 17.8 Å². The molecule has 6 heteroatoms. The van der Waals surface area contributed by atoms with E-state index in [0.29, 0.717) is 36.6 Å². The van der Waals surface area contributed by atoms with Gasteiger partial charge < -0.3 is 19.0 Å². The molecule has 2 amide bonds. The Labute approximate surface area is 195 Å². The largest absolute Gasteiger partial charge is 0.497 e. The summed E-state index contributed by atoms with van der Waals surface area (Å²) in [6, 6.07) is 20.6. The molecule has 0 aliphatic heterocycles. The highest BCUT2D eigenvalue weighted by molar-refractivity contribution is 5.96. The number of rotatable bonds is 11. The van der Waals surface area contributed by atoms with Crippen molar-refractivity contribution in [1.82, 2.24) is 9.80 Å². The lowest BCUT2D eigenvalue weighted by Gasteiger charge is -2.27. The molecule has 0 fully saturated rings. The molecule has 3 aromatic rings. The highest BCUT2D eigenvalue weighted by atomic mass is 16.5. The van der Waals surface area contributed by atoms with Crippen LogP contribution in [0, 0.1) is 6.92 Å². The third kappa shape index (κ3) is 6.84. The van der Waals surface area contributed by atoms with Crippen molar-refractivity contribution >= 4 is 11.8 Å². The van der Waals surface area contributed by atoms with Crippen molar-refractivity contribution in [1.29, 1.82) is 0 Å². The first-order chi connectivity index (χ1) is 16.0. The summed E-state index contributed by atoms with van der Waals surface area (Å²) in [6.07, 6.45) is 2.33. The molecule has 0 saturated heterocycles. The molecule has 0 N–H and O–H groups in total. The maximum atomic E-state index is 13.3. The zero-order valence-electron chi connectivity index (χ0n) is 19.2. The lowest BCUT2D eigenvalue weighted by molar-refractivity contribution is -0.132. The Bertz CT molecular complexity index is 1060. The molecule has 0 aliphatic rings. The van der Waals surface area contributed by atoms with Crippen LogP contribution >= 0.6 is 0 Å². The second-order valence-electron chi connectivity index (χ2n) is 7.77. The molecule has 0 spiro atoms. The Balaban J connectivity index is 1.74. The van der Waals surface area contributed by atoms with E-state index in [9.17, 15) is 9.59 Å². The molecule has 0 saturated carbocycles. The van der Waals surface area contributed by atoms with Gasteiger partial charge in [-0.3, -0.25) is 9.59 Å². The number of hydrogen-bond donors (Lipinski definition) is 0. The number of methoxy groups -OCH3 is 1. The Morgan fingerprint density at radius 3 is 2.33 bits per heavy atom. The molecule has 1 aromatic heterocycles. The van der Waals surface area contributed by atoms with E-state index in [1.165, 1.54) is 4.90 Å². The van der Waals surface area contributed by atoms with Crippen LogP contribution in [0.4, 0.5) is 0 Å². The quantitative estimate of drug-likeness (QED) is 0.407.